The molecule has 2 N–H and O–H groups in total. The van der Waals surface area contributed by atoms with Gasteiger partial charge in [-0.3, -0.25) is 30.6 Å². The average molecular weight is 357 g/mol. The number of amides is 2. The highest BCUT2D eigenvalue weighted by Gasteiger charge is 2.16. The first-order valence-corrected chi connectivity index (χ1v) is 7.86. The molecule has 0 aliphatic rings. The Morgan fingerprint density at radius 2 is 1.69 bits per heavy atom. The summed E-state index contributed by atoms with van der Waals surface area (Å²) in [5.41, 5.74) is 6.73. The molecule has 0 aliphatic carbocycles. The van der Waals surface area contributed by atoms with Gasteiger partial charge < -0.3 is 4.74 Å². The summed E-state index contributed by atoms with van der Waals surface area (Å²) in [7, 11) is 0. The predicted octanol–water partition coefficient (Wildman–Crippen LogP) is 2.44. The van der Waals surface area contributed by atoms with Gasteiger partial charge in [0, 0.05) is 17.7 Å². The van der Waals surface area contributed by atoms with E-state index in [0.29, 0.717) is 5.75 Å². The maximum Gasteiger partial charge on any atom is 0.279 e. The molecule has 0 aromatic heterocycles. The zero-order valence-electron chi connectivity index (χ0n) is 14.6. The van der Waals surface area contributed by atoms with E-state index in [1.54, 1.807) is 13.0 Å². The van der Waals surface area contributed by atoms with Crippen LogP contribution in [-0.4, -0.2) is 22.8 Å². The van der Waals surface area contributed by atoms with Crippen LogP contribution in [0.4, 0.5) is 5.69 Å². The van der Waals surface area contributed by atoms with E-state index >= 15 is 0 Å². The third-order valence-corrected chi connectivity index (χ3v) is 3.80. The van der Waals surface area contributed by atoms with Gasteiger partial charge in [0.05, 0.1) is 4.92 Å². The average Bonchev–Trinajstić information content (AvgIpc) is 2.62. The van der Waals surface area contributed by atoms with Gasteiger partial charge >= 0.3 is 0 Å². The number of aryl methyl sites for hydroxylation is 2. The number of nitrogens with zero attached hydrogens (tertiary/aromatic N) is 1. The normalized spacial score (nSPS) is 11.3. The summed E-state index contributed by atoms with van der Waals surface area (Å²) >= 11 is 0. The fourth-order valence-electron chi connectivity index (χ4n) is 2.07. The highest BCUT2D eigenvalue weighted by molar-refractivity contribution is 5.95. The highest BCUT2D eigenvalue weighted by atomic mass is 16.6. The number of hydrazine groups is 1. The molecule has 26 heavy (non-hydrogen) atoms. The number of nitrogens with one attached hydrogen (secondary N) is 2. The number of nitro groups is 1. The summed E-state index contributed by atoms with van der Waals surface area (Å²) in [6.45, 7) is 5.48. The van der Waals surface area contributed by atoms with Crippen molar-refractivity contribution in [3.63, 3.8) is 0 Å². The molecule has 0 saturated heterocycles. The van der Waals surface area contributed by atoms with Gasteiger partial charge in [-0.2, -0.15) is 0 Å². The molecule has 0 heterocycles. The standard InChI is InChI=1S/C18H19N3O5/c1-11-4-9-16(10-12(11)2)26-13(3)17(22)19-20-18(23)14-5-7-15(8-6-14)21(24)25/h4-10,13H,1-3H3,(H,19,22)(H,20,23). The maximum atomic E-state index is 12.0. The van der Waals surface area contributed by atoms with Crippen LogP contribution in [-0.2, 0) is 4.79 Å². The first kappa shape index (κ1) is 18.9. The zero-order valence-corrected chi connectivity index (χ0v) is 14.6. The number of ether oxygens (including phenoxy) is 1. The number of carbonyl (C=O) groups excluding carboxylic acids is 2. The Bertz CT molecular complexity index is 833. The first-order valence-electron chi connectivity index (χ1n) is 7.86. The van der Waals surface area contributed by atoms with Crippen LogP contribution in [0.5, 0.6) is 5.75 Å². The summed E-state index contributed by atoms with van der Waals surface area (Å²) in [5, 5.41) is 10.6. The Morgan fingerprint density at radius 1 is 1.04 bits per heavy atom. The monoisotopic (exact) mass is 357 g/mol. The van der Waals surface area contributed by atoms with Gasteiger partial charge in [0.25, 0.3) is 17.5 Å². The van der Waals surface area contributed by atoms with E-state index in [1.165, 1.54) is 24.3 Å². The number of nitro benzene ring substituents is 1. The summed E-state index contributed by atoms with van der Waals surface area (Å²) in [6.07, 6.45) is -0.825. The molecule has 1 atom stereocenters. The lowest BCUT2D eigenvalue weighted by molar-refractivity contribution is -0.384. The van der Waals surface area contributed by atoms with Gasteiger partial charge in [-0.25, -0.2) is 0 Å². The Balaban J connectivity index is 1.89. The summed E-state index contributed by atoms with van der Waals surface area (Å²) in [5.74, 6) is -0.567. The van der Waals surface area contributed by atoms with E-state index in [-0.39, 0.29) is 11.3 Å². The third-order valence-electron chi connectivity index (χ3n) is 3.80. The Kier molecular flexibility index (Phi) is 5.90. The van der Waals surface area contributed by atoms with Crippen molar-refractivity contribution < 1.29 is 19.2 Å². The van der Waals surface area contributed by atoms with Gasteiger partial charge in [-0.05, 0) is 56.2 Å². The number of carbonyl (C=O) groups is 2. The fourth-order valence-corrected chi connectivity index (χ4v) is 2.07. The topological polar surface area (TPSA) is 111 Å². The van der Waals surface area contributed by atoms with Gasteiger partial charge in [-0.1, -0.05) is 6.07 Å². The summed E-state index contributed by atoms with van der Waals surface area (Å²) in [4.78, 5) is 34.0. The Labute approximate surface area is 150 Å². The molecular formula is C18H19N3O5. The second-order valence-corrected chi connectivity index (χ2v) is 5.75. The molecule has 0 fully saturated rings. The van der Waals surface area contributed by atoms with Crippen molar-refractivity contribution >= 4 is 17.5 Å². The minimum Gasteiger partial charge on any atom is -0.481 e. The zero-order chi connectivity index (χ0) is 19.3. The summed E-state index contributed by atoms with van der Waals surface area (Å²) < 4.78 is 5.55. The van der Waals surface area contributed by atoms with E-state index in [0.717, 1.165) is 11.1 Å². The van der Waals surface area contributed by atoms with Crippen LogP contribution < -0.4 is 15.6 Å². The molecule has 0 spiro atoms. The molecule has 1 unspecified atom stereocenters. The molecule has 136 valence electrons. The van der Waals surface area contributed by atoms with Crippen LogP contribution in [0.3, 0.4) is 0 Å². The molecule has 2 aromatic rings. The predicted molar refractivity (Wildman–Crippen MR) is 94.7 cm³/mol. The van der Waals surface area contributed by atoms with Crippen LogP contribution in [0.2, 0.25) is 0 Å². The van der Waals surface area contributed by atoms with Gasteiger partial charge in [0.15, 0.2) is 6.10 Å². The molecular weight excluding hydrogens is 338 g/mol. The van der Waals surface area contributed by atoms with Crippen molar-refractivity contribution in [2.75, 3.05) is 0 Å². The molecule has 0 aliphatic heterocycles. The lowest BCUT2D eigenvalue weighted by atomic mass is 10.1. The molecule has 8 nitrogen and oxygen atoms in total. The van der Waals surface area contributed by atoms with Crippen LogP contribution in [0.1, 0.15) is 28.4 Å². The molecule has 0 bridgehead atoms. The first-order chi connectivity index (χ1) is 12.3. The van der Waals surface area contributed by atoms with E-state index < -0.39 is 22.8 Å². The Morgan fingerprint density at radius 3 is 2.27 bits per heavy atom. The molecule has 2 amide bonds. The second kappa shape index (κ2) is 8.11. The van der Waals surface area contributed by atoms with E-state index in [4.69, 9.17) is 4.74 Å². The molecule has 0 saturated carbocycles. The maximum absolute atomic E-state index is 12.0. The largest absolute Gasteiger partial charge is 0.481 e. The second-order valence-electron chi connectivity index (χ2n) is 5.75. The Hall–Kier alpha value is -3.42. The van der Waals surface area contributed by atoms with Crippen molar-refractivity contribution in [1.29, 1.82) is 0 Å². The number of non-ortho nitro benzene ring substituents is 1. The smallest absolute Gasteiger partial charge is 0.279 e. The fraction of sp³-hybridized carbons (Fsp3) is 0.222. The van der Waals surface area contributed by atoms with Crippen molar-refractivity contribution in [3.8, 4) is 5.75 Å². The van der Waals surface area contributed by atoms with E-state index in [9.17, 15) is 19.7 Å². The van der Waals surface area contributed by atoms with Crippen LogP contribution in [0.25, 0.3) is 0 Å². The van der Waals surface area contributed by atoms with Gasteiger partial charge in [-0.15, -0.1) is 0 Å². The van der Waals surface area contributed by atoms with Crippen molar-refractivity contribution in [1.82, 2.24) is 10.9 Å². The number of rotatable bonds is 5. The SMILES string of the molecule is Cc1ccc(OC(C)C(=O)NNC(=O)c2ccc([N+](=O)[O-])cc2)cc1C. The third kappa shape index (κ3) is 4.79. The molecule has 2 aromatic carbocycles. The van der Waals surface area contributed by atoms with Gasteiger partial charge in [0.1, 0.15) is 5.75 Å². The van der Waals surface area contributed by atoms with Crippen molar-refractivity contribution in [2.45, 2.75) is 26.9 Å². The van der Waals surface area contributed by atoms with E-state index in [1.807, 2.05) is 26.0 Å². The van der Waals surface area contributed by atoms with Crippen LogP contribution in [0, 0.1) is 24.0 Å². The van der Waals surface area contributed by atoms with Gasteiger partial charge in [0.2, 0.25) is 0 Å². The van der Waals surface area contributed by atoms with Crippen molar-refractivity contribution in [3.05, 3.63) is 69.3 Å². The number of hydrogen-bond donors (Lipinski definition) is 2. The lowest BCUT2D eigenvalue weighted by Gasteiger charge is -2.16. The molecule has 2 rings (SSSR count). The molecule has 8 heteroatoms. The quantitative estimate of drug-likeness (QED) is 0.631. The van der Waals surface area contributed by atoms with Crippen LogP contribution in [0.15, 0.2) is 42.5 Å². The van der Waals surface area contributed by atoms with E-state index in [2.05, 4.69) is 10.9 Å². The highest BCUT2D eigenvalue weighted by Crippen LogP contribution is 2.17. The summed E-state index contributed by atoms with van der Waals surface area (Å²) in [6, 6.07) is 10.5. The van der Waals surface area contributed by atoms with Crippen molar-refractivity contribution in [2.24, 2.45) is 0 Å². The van der Waals surface area contributed by atoms with Crippen LogP contribution >= 0.6 is 0 Å². The number of benzene rings is 2. The minimum absolute atomic E-state index is 0.124. The molecule has 0 radical (unpaired) electrons. The number of hydrogen-bond acceptors (Lipinski definition) is 5. The lowest BCUT2D eigenvalue weighted by Crippen LogP contribution is -2.47. The minimum atomic E-state index is -0.825.